The van der Waals surface area contributed by atoms with Crippen molar-refractivity contribution in [3.8, 4) is 22.3 Å². The molecule has 0 saturated heterocycles. The molecule has 0 saturated carbocycles. The van der Waals surface area contributed by atoms with Crippen LogP contribution < -0.4 is 4.90 Å². The molecule has 0 unspecified atom stereocenters. The fourth-order valence-electron chi connectivity index (χ4n) is 7.36. The summed E-state index contributed by atoms with van der Waals surface area (Å²) in [5.74, 6) is 0. The van der Waals surface area contributed by atoms with Gasteiger partial charge in [0.25, 0.3) is 0 Å². The molecule has 49 heavy (non-hydrogen) atoms. The second kappa shape index (κ2) is 11.5. The number of rotatable bonds is 5. The van der Waals surface area contributed by atoms with Gasteiger partial charge in [0.2, 0.25) is 0 Å². The average molecular weight is 660 g/mol. The van der Waals surface area contributed by atoms with E-state index in [1.54, 1.807) is 0 Å². The van der Waals surface area contributed by atoms with Crippen molar-refractivity contribution in [2.45, 2.75) is 0 Å². The first-order valence-electron chi connectivity index (χ1n) is 16.6. The van der Waals surface area contributed by atoms with Crippen molar-refractivity contribution < 1.29 is 0 Å². The summed E-state index contributed by atoms with van der Waals surface area (Å²) in [5, 5.41) is 7.71. The zero-order valence-electron chi connectivity index (χ0n) is 26.5. The van der Waals surface area contributed by atoms with E-state index in [0.29, 0.717) is 0 Å². The predicted octanol–water partition coefficient (Wildman–Crippen LogP) is 14.4. The van der Waals surface area contributed by atoms with Crippen LogP contribution >= 0.6 is 22.7 Å². The van der Waals surface area contributed by atoms with Gasteiger partial charge in [0.05, 0.1) is 5.69 Å². The van der Waals surface area contributed by atoms with Gasteiger partial charge in [-0.25, -0.2) is 0 Å². The summed E-state index contributed by atoms with van der Waals surface area (Å²) in [4.78, 5) is 2.48. The molecule has 2 heterocycles. The first-order chi connectivity index (χ1) is 24.3. The van der Waals surface area contributed by atoms with Crippen LogP contribution in [-0.4, -0.2) is 0 Å². The Labute approximate surface area is 292 Å². The maximum absolute atomic E-state index is 2.48. The first kappa shape index (κ1) is 28.3. The van der Waals surface area contributed by atoms with Gasteiger partial charge in [0.15, 0.2) is 0 Å². The maximum atomic E-state index is 2.48. The third-order valence-corrected chi connectivity index (χ3v) is 11.9. The second-order valence-electron chi connectivity index (χ2n) is 12.5. The molecule has 0 N–H and O–H groups in total. The van der Waals surface area contributed by atoms with Crippen molar-refractivity contribution in [2.24, 2.45) is 0 Å². The van der Waals surface area contributed by atoms with Crippen LogP contribution in [0.15, 0.2) is 176 Å². The van der Waals surface area contributed by atoms with Gasteiger partial charge in [-0.3, -0.25) is 0 Å². The Kier molecular flexibility index (Phi) is 6.61. The molecule has 0 aliphatic carbocycles. The van der Waals surface area contributed by atoms with Crippen LogP contribution in [0.4, 0.5) is 17.1 Å². The van der Waals surface area contributed by atoms with Gasteiger partial charge < -0.3 is 4.90 Å². The van der Waals surface area contributed by atoms with Gasteiger partial charge in [0.1, 0.15) is 0 Å². The molecule has 0 amide bonds. The molecule has 0 radical (unpaired) electrons. The summed E-state index contributed by atoms with van der Waals surface area (Å²) >= 11 is 3.73. The predicted molar refractivity (Wildman–Crippen MR) is 215 cm³/mol. The van der Waals surface area contributed by atoms with Crippen molar-refractivity contribution in [1.29, 1.82) is 0 Å². The van der Waals surface area contributed by atoms with E-state index in [9.17, 15) is 0 Å². The highest BCUT2D eigenvalue weighted by molar-refractivity contribution is 7.26. The third-order valence-electron chi connectivity index (χ3n) is 9.66. The average Bonchev–Trinajstić information content (AvgIpc) is 3.73. The first-order valence-corrected chi connectivity index (χ1v) is 18.2. The van der Waals surface area contributed by atoms with Crippen LogP contribution in [-0.2, 0) is 0 Å². The van der Waals surface area contributed by atoms with Crippen molar-refractivity contribution >= 4 is 90.9 Å². The largest absolute Gasteiger partial charge is 0.310 e. The molecule has 0 aliphatic rings. The van der Waals surface area contributed by atoms with Crippen LogP contribution in [0.1, 0.15) is 0 Å². The molecule has 0 aliphatic heterocycles. The molecule has 0 bridgehead atoms. The number of hydrogen-bond acceptors (Lipinski definition) is 3. The number of hydrogen-bond donors (Lipinski definition) is 0. The number of fused-ring (bicyclic) bond motifs is 7. The summed E-state index contributed by atoms with van der Waals surface area (Å²) in [7, 11) is 0. The Morgan fingerprint density at radius 2 is 0.939 bits per heavy atom. The molecule has 230 valence electrons. The molecule has 0 spiro atoms. The fourth-order valence-corrected chi connectivity index (χ4v) is 9.58. The highest BCUT2D eigenvalue weighted by Gasteiger charge is 2.21. The van der Waals surface area contributed by atoms with Crippen molar-refractivity contribution in [3.05, 3.63) is 176 Å². The monoisotopic (exact) mass is 659 g/mol. The van der Waals surface area contributed by atoms with E-state index in [2.05, 4.69) is 181 Å². The summed E-state index contributed by atoms with van der Waals surface area (Å²) in [6, 6.07) is 64.6. The standard InChI is InChI=1S/C46H29NS2/c1-2-11-31(12-3-1)37-24-21-32(36-18-10-14-30-13-4-5-15-35(30)36)27-42(37)47(33-23-26-45-41(28-33)39-17-7-9-20-44(39)48-45)34-22-25-40-38-16-6-8-19-43(38)49-46(40)29-34/h1-29H. The summed E-state index contributed by atoms with van der Waals surface area (Å²) in [6.45, 7) is 0. The highest BCUT2D eigenvalue weighted by Crippen LogP contribution is 2.47. The van der Waals surface area contributed by atoms with E-state index in [0.717, 1.165) is 17.1 Å². The van der Waals surface area contributed by atoms with Gasteiger partial charge in [-0.2, -0.15) is 0 Å². The third kappa shape index (κ3) is 4.74. The van der Waals surface area contributed by atoms with Crippen molar-refractivity contribution in [1.82, 2.24) is 0 Å². The van der Waals surface area contributed by atoms with Crippen LogP contribution in [0.3, 0.4) is 0 Å². The molecular formula is C46H29NS2. The molecule has 3 heteroatoms. The Hall–Kier alpha value is -5.74. The van der Waals surface area contributed by atoms with Crippen LogP contribution in [0.5, 0.6) is 0 Å². The highest BCUT2D eigenvalue weighted by atomic mass is 32.1. The number of thiophene rings is 2. The lowest BCUT2D eigenvalue weighted by Crippen LogP contribution is -2.11. The Morgan fingerprint density at radius 1 is 0.327 bits per heavy atom. The normalized spacial score (nSPS) is 11.7. The number of benzene rings is 8. The molecule has 0 atom stereocenters. The molecule has 0 fully saturated rings. The smallest absolute Gasteiger partial charge is 0.0546 e. The molecule has 10 rings (SSSR count). The minimum absolute atomic E-state index is 1.14. The van der Waals surface area contributed by atoms with Crippen molar-refractivity contribution in [2.75, 3.05) is 4.90 Å². The van der Waals surface area contributed by atoms with Gasteiger partial charge in [-0.05, 0) is 76.0 Å². The summed E-state index contributed by atoms with van der Waals surface area (Å²) in [5.41, 5.74) is 8.25. The van der Waals surface area contributed by atoms with Crippen LogP contribution in [0.25, 0.3) is 73.4 Å². The SMILES string of the molecule is c1ccc(-c2ccc(-c3cccc4ccccc34)cc2N(c2ccc3c(c2)sc2ccccc23)c2ccc3sc4ccccc4c3c2)cc1. The lowest BCUT2D eigenvalue weighted by molar-refractivity contribution is 1.30. The van der Waals surface area contributed by atoms with E-state index in [1.165, 1.54) is 73.4 Å². The molecule has 10 aromatic rings. The van der Waals surface area contributed by atoms with Crippen LogP contribution in [0, 0.1) is 0 Å². The lowest BCUT2D eigenvalue weighted by atomic mass is 9.94. The van der Waals surface area contributed by atoms with E-state index in [4.69, 9.17) is 0 Å². The van der Waals surface area contributed by atoms with Crippen LogP contribution in [0.2, 0.25) is 0 Å². The number of anilines is 3. The maximum Gasteiger partial charge on any atom is 0.0546 e. The van der Waals surface area contributed by atoms with E-state index in [-0.39, 0.29) is 0 Å². The molecule has 1 nitrogen and oxygen atoms in total. The molecule has 2 aromatic heterocycles. The molecule has 8 aromatic carbocycles. The minimum Gasteiger partial charge on any atom is -0.310 e. The Bertz CT molecular complexity index is 2840. The zero-order valence-corrected chi connectivity index (χ0v) is 28.1. The summed E-state index contributed by atoms with van der Waals surface area (Å²) < 4.78 is 5.22. The van der Waals surface area contributed by atoms with Gasteiger partial charge >= 0.3 is 0 Å². The topological polar surface area (TPSA) is 3.24 Å². The van der Waals surface area contributed by atoms with Gasteiger partial charge in [0, 0.05) is 57.3 Å². The minimum atomic E-state index is 1.14. The van der Waals surface area contributed by atoms with Crippen molar-refractivity contribution in [3.63, 3.8) is 0 Å². The number of nitrogens with zero attached hydrogens (tertiary/aromatic N) is 1. The molecular weight excluding hydrogens is 631 g/mol. The lowest BCUT2D eigenvalue weighted by Gasteiger charge is -2.29. The van der Waals surface area contributed by atoms with E-state index in [1.807, 2.05) is 22.7 Å². The van der Waals surface area contributed by atoms with E-state index < -0.39 is 0 Å². The second-order valence-corrected chi connectivity index (χ2v) is 14.7. The summed E-state index contributed by atoms with van der Waals surface area (Å²) in [6.07, 6.45) is 0. The zero-order chi connectivity index (χ0) is 32.3. The quantitative estimate of drug-likeness (QED) is 0.178. The Morgan fingerprint density at radius 3 is 1.78 bits per heavy atom. The Balaban J connectivity index is 1.27. The fraction of sp³-hybridized carbons (Fsp3) is 0. The van der Waals surface area contributed by atoms with E-state index >= 15 is 0 Å². The van der Waals surface area contributed by atoms with Gasteiger partial charge in [-0.15, -0.1) is 22.7 Å². The van der Waals surface area contributed by atoms with Gasteiger partial charge in [-0.1, -0.05) is 127 Å².